The third-order valence-corrected chi connectivity index (χ3v) is 3.45. The quantitative estimate of drug-likeness (QED) is 0.866. The van der Waals surface area contributed by atoms with Crippen molar-refractivity contribution >= 4 is 16.9 Å². The van der Waals surface area contributed by atoms with Crippen LogP contribution >= 0.6 is 0 Å². The fraction of sp³-hybridized carbons (Fsp3) is 0.429. The first-order chi connectivity index (χ1) is 8.81. The Labute approximate surface area is 107 Å². The lowest BCUT2D eigenvalue weighted by atomic mass is 10.2. The molecule has 1 aliphatic rings. The van der Waals surface area contributed by atoms with Gasteiger partial charge in [-0.2, -0.15) is 0 Å². The number of nitrogens with one attached hydrogen (secondary N) is 2. The van der Waals surface area contributed by atoms with E-state index in [4.69, 9.17) is 0 Å². The van der Waals surface area contributed by atoms with Gasteiger partial charge in [0.25, 0.3) is 0 Å². The van der Waals surface area contributed by atoms with Crippen LogP contribution in [0.5, 0.6) is 0 Å². The SMILES string of the molecule is CC1CCC(CNc2cnc3ccccc3n2)N1. The topological polar surface area (TPSA) is 49.8 Å². The molecule has 4 heteroatoms. The molecule has 2 atom stereocenters. The Morgan fingerprint density at radius 3 is 2.89 bits per heavy atom. The summed E-state index contributed by atoms with van der Waals surface area (Å²) in [6.45, 7) is 3.15. The zero-order chi connectivity index (χ0) is 12.4. The van der Waals surface area contributed by atoms with Crippen LogP contribution in [0.1, 0.15) is 19.8 Å². The molecule has 1 fully saturated rings. The van der Waals surface area contributed by atoms with Gasteiger partial charge in [0.1, 0.15) is 5.82 Å². The van der Waals surface area contributed by atoms with Gasteiger partial charge >= 0.3 is 0 Å². The molecule has 0 radical (unpaired) electrons. The molecule has 2 heterocycles. The van der Waals surface area contributed by atoms with Crippen molar-refractivity contribution in [3.63, 3.8) is 0 Å². The maximum Gasteiger partial charge on any atom is 0.145 e. The third kappa shape index (κ3) is 2.43. The van der Waals surface area contributed by atoms with E-state index in [-0.39, 0.29) is 0 Å². The summed E-state index contributed by atoms with van der Waals surface area (Å²) in [5.41, 5.74) is 1.88. The molecule has 2 N–H and O–H groups in total. The Kier molecular flexibility index (Phi) is 3.11. The van der Waals surface area contributed by atoms with Crippen molar-refractivity contribution in [2.45, 2.75) is 31.8 Å². The Bertz CT molecular complexity index is 540. The molecule has 1 aromatic heterocycles. The van der Waals surface area contributed by atoms with Crippen LogP contribution < -0.4 is 10.6 Å². The molecule has 94 valence electrons. The van der Waals surface area contributed by atoms with Gasteiger partial charge in [0, 0.05) is 18.6 Å². The van der Waals surface area contributed by atoms with Gasteiger partial charge in [-0.25, -0.2) is 4.98 Å². The molecule has 1 aliphatic heterocycles. The first-order valence-electron chi connectivity index (χ1n) is 6.53. The summed E-state index contributed by atoms with van der Waals surface area (Å²) in [4.78, 5) is 8.95. The lowest BCUT2D eigenvalue weighted by Crippen LogP contribution is -2.33. The van der Waals surface area contributed by atoms with Crippen molar-refractivity contribution in [1.29, 1.82) is 0 Å². The van der Waals surface area contributed by atoms with Crippen LogP contribution in [-0.2, 0) is 0 Å². The number of rotatable bonds is 3. The summed E-state index contributed by atoms with van der Waals surface area (Å²) < 4.78 is 0. The predicted octanol–water partition coefficient (Wildman–Crippen LogP) is 2.18. The van der Waals surface area contributed by atoms with Crippen LogP contribution in [0.25, 0.3) is 11.0 Å². The van der Waals surface area contributed by atoms with Gasteiger partial charge in [-0.3, -0.25) is 4.98 Å². The van der Waals surface area contributed by atoms with Crippen LogP contribution in [0, 0.1) is 0 Å². The summed E-state index contributed by atoms with van der Waals surface area (Å²) in [6.07, 6.45) is 4.30. The number of nitrogens with zero attached hydrogens (tertiary/aromatic N) is 2. The van der Waals surface area contributed by atoms with Crippen LogP contribution in [-0.4, -0.2) is 28.6 Å². The first-order valence-corrected chi connectivity index (χ1v) is 6.53. The van der Waals surface area contributed by atoms with Crippen LogP contribution in [0.15, 0.2) is 30.5 Å². The molecule has 1 saturated heterocycles. The minimum atomic E-state index is 0.549. The van der Waals surface area contributed by atoms with Crippen molar-refractivity contribution in [2.24, 2.45) is 0 Å². The smallest absolute Gasteiger partial charge is 0.145 e. The van der Waals surface area contributed by atoms with Crippen LogP contribution in [0.3, 0.4) is 0 Å². The molecule has 0 spiro atoms. The highest BCUT2D eigenvalue weighted by molar-refractivity contribution is 5.75. The minimum Gasteiger partial charge on any atom is -0.367 e. The van der Waals surface area contributed by atoms with E-state index in [0.29, 0.717) is 12.1 Å². The number of hydrogen-bond acceptors (Lipinski definition) is 4. The number of hydrogen-bond donors (Lipinski definition) is 2. The first kappa shape index (κ1) is 11.4. The maximum absolute atomic E-state index is 4.55. The summed E-state index contributed by atoms with van der Waals surface area (Å²) >= 11 is 0. The van der Waals surface area contributed by atoms with E-state index in [2.05, 4.69) is 27.5 Å². The van der Waals surface area contributed by atoms with Crippen molar-refractivity contribution < 1.29 is 0 Å². The zero-order valence-corrected chi connectivity index (χ0v) is 10.6. The molecule has 0 saturated carbocycles. The zero-order valence-electron chi connectivity index (χ0n) is 10.6. The molecule has 2 unspecified atom stereocenters. The second-order valence-electron chi connectivity index (χ2n) is 4.97. The highest BCUT2D eigenvalue weighted by Gasteiger charge is 2.19. The molecule has 2 aromatic rings. The largest absolute Gasteiger partial charge is 0.367 e. The lowest BCUT2D eigenvalue weighted by molar-refractivity contribution is 0.579. The summed E-state index contributed by atoms with van der Waals surface area (Å²) in [6, 6.07) is 9.12. The van der Waals surface area contributed by atoms with Crippen molar-refractivity contribution in [3.05, 3.63) is 30.5 Å². The monoisotopic (exact) mass is 242 g/mol. The van der Waals surface area contributed by atoms with E-state index in [1.165, 1.54) is 12.8 Å². The van der Waals surface area contributed by atoms with E-state index in [9.17, 15) is 0 Å². The van der Waals surface area contributed by atoms with Gasteiger partial charge in [0.15, 0.2) is 0 Å². The van der Waals surface area contributed by atoms with E-state index in [1.54, 1.807) is 6.20 Å². The van der Waals surface area contributed by atoms with E-state index < -0.39 is 0 Å². The standard InChI is InChI=1S/C14H18N4/c1-10-6-7-11(17-10)8-16-14-9-15-12-4-2-3-5-13(12)18-14/h2-5,9-11,17H,6-8H2,1H3,(H,16,18). The number of para-hydroxylation sites is 2. The van der Waals surface area contributed by atoms with Crippen LogP contribution in [0.4, 0.5) is 5.82 Å². The molecule has 3 rings (SSSR count). The van der Waals surface area contributed by atoms with E-state index in [1.807, 2.05) is 24.3 Å². The number of fused-ring (bicyclic) bond motifs is 1. The average molecular weight is 242 g/mol. The highest BCUT2D eigenvalue weighted by atomic mass is 15.1. The number of aromatic nitrogens is 2. The summed E-state index contributed by atoms with van der Waals surface area (Å²) in [7, 11) is 0. The van der Waals surface area contributed by atoms with Gasteiger partial charge in [-0.1, -0.05) is 12.1 Å². The van der Waals surface area contributed by atoms with Gasteiger partial charge in [0.2, 0.25) is 0 Å². The molecule has 1 aromatic carbocycles. The second-order valence-corrected chi connectivity index (χ2v) is 4.97. The number of anilines is 1. The molecule has 0 bridgehead atoms. The Morgan fingerprint density at radius 2 is 2.11 bits per heavy atom. The van der Waals surface area contributed by atoms with E-state index >= 15 is 0 Å². The Morgan fingerprint density at radius 1 is 1.28 bits per heavy atom. The van der Waals surface area contributed by atoms with Crippen molar-refractivity contribution in [2.75, 3.05) is 11.9 Å². The molecular formula is C14H18N4. The van der Waals surface area contributed by atoms with Gasteiger partial charge in [0.05, 0.1) is 17.2 Å². The van der Waals surface area contributed by atoms with Crippen LogP contribution in [0.2, 0.25) is 0 Å². The number of benzene rings is 1. The fourth-order valence-corrected chi connectivity index (χ4v) is 2.45. The van der Waals surface area contributed by atoms with Crippen molar-refractivity contribution in [1.82, 2.24) is 15.3 Å². The molecule has 18 heavy (non-hydrogen) atoms. The average Bonchev–Trinajstić information content (AvgIpc) is 2.82. The molecular weight excluding hydrogens is 224 g/mol. The summed E-state index contributed by atoms with van der Waals surface area (Å²) in [5.74, 6) is 0.857. The van der Waals surface area contributed by atoms with Gasteiger partial charge < -0.3 is 10.6 Å². The Balaban J connectivity index is 1.67. The van der Waals surface area contributed by atoms with Crippen molar-refractivity contribution in [3.8, 4) is 0 Å². The Hall–Kier alpha value is -1.68. The van der Waals surface area contributed by atoms with Gasteiger partial charge in [-0.15, -0.1) is 0 Å². The summed E-state index contributed by atoms with van der Waals surface area (Å²) in [5, 5.41) is 6.91. The maximum atomic E-state index is 4.55. The fourth-order valence-electron chi connectivity index (χ4n) is 2.45. The minimum absolute atomic E-state index is 0.549. The molecule has 0 amide bonds. The third-order valence-electron chi connectivity index (χ3n) is 3.45. The van der Waals surface area contributed by atoms with Gasteiger partial charge in [-0.05, 0) is 31.9 Å². The lowest BCUT2D eigenvalue weighted by Gasteiger charge is -2.13. The molecule has 4 nitrogen and oxygen atoms in total. The second kappa shape index (κ2) is 4.90. The highest BCUT2D eigenvalue weighted by Crippen LogP contribution is 2.14. The van der Waals surface area contributed by atoms with E-state index in [0.717, 1.165) is 23.4 Å². The predicted molar refractivity (Wildman–Crippen MR) is 73.6 cm³/mol. The molecule has 0 aliphatic carbocycles. The normalized spacial score (nSPS) is 23.4.